The van der Waals surface area contributed by atoms with E-state index in [-0.39, 0.29) is 5.91 Å². The summed E-state index contributed by atoms with van der Waals surface area (Å²) in [7, 11) is 1.84. The normalized spacial score (nSPS) is 10.5. The molecular weight excluding hydrogens is 374 g/mol. The Morgan fingerprint density at radius 2 is 1.95 bits per heavy atom. The van der Waals surface area contributed by atoms with Crippen LogP contribution in [0.1, 0.15) is 23.0 Å². The minimum absolute atomic E-state index is 0.148. The van der Waals surface area contributed by atoms with Gasteiger partial charge in [0.2, 0.25) is 0 Å². The van der Waals surface area contributed by atoms with E-state index in [1.807, 2.05) is 26.2 Å². The van der Waals surface area contributed by atoms with Crippen molar-refractivity contribution in [3.8, 4) is 0 Å². The monoisotopic (exact) mass is 385 g/mol. The molecule has 6 heteroatoms. The summed E-state index contributed by atoms with van der Waals surface area (Å²) >= 11 is 6.74. The first-order valence-corrected chi connectivity index (χ1v) is 7.38. The van der Waals surface area contributed by atoms with Gasteiger partial charge in [-0.1, -0.05) is 38.8 Å². The van der Waals surface area contributed by atoms with E-state index in [0.717, 1.165) is 26.7 Å². The second-order valence-corrected chi connectivity index (χ2v) is 5.96. The number of hydrogen-bond donors (Lipinski definition) is 1. The fourth-order valence-corrected chi connectivity index (χ4v) is 3.07. The summed E-state index contributed by atoms with van der Waals surface area (Å²) in [6.45, 7) is 2.01. The van der Waals surface area contributed by atoms with Gasteiger partial charge in [-0.15, -0.1) is 0 Å². The summed E-state index contributed by atoms with van der Waals surface area (Å²) in [5.74, 6) is -0.148. The third-order valence-corrected chi connectivity index (χ3v) is 3.53. The SMILES string of the molecule is CCc1nn(C)cc1NC(=O)c1cc(Br)cc(Br)c1. The van der Waals surface area contributed by atoms with Crippen molar-refractivity contribution in [1.29, 1.82) is 0 Å². The van der Waals surface area contributed by atoms with Crippen LogP contribution in [-0.2, 0) is 13.5 Å². The molecule has 1 heterocycles. The summed E-state index contributed by atoms with van der Waals surface area (Å²) in [6, 6.07) is 5.45. The molecule has 1 aromatic carbocycles. The van der Waals surface area contributed by atoms with Gasteiger partial charge in [-0.25, -0.2) is 0 Å². The number of anilines is 1. The van der Waals surface area contributed by atoms with Crippen molar-refractivity contribution in [1.82, 2.24) is 9.78 Å². The molecule has 0 aliphatic carbocycles. The number of carbonyl (C=O) groups excluding carboxylic acids is 1. The highest BCUT2D eigenvalue weighted by Gasteiger charge is 2.12. The number of aryl methyl sites for hydroxylation is 2. The number of nitrogens with zero attached hydrogens (tertiary/aromatic N) is 2. The lowest BCUT2D eigenvalue weighted by Crippen LogP contribution is -2.12. The Morgan fingerprint density at radius 1 is 1.32 bits per heavy atom. The van der Waals surface area contributed by atoms with Crippen LogP contribution >= 0.6 is 31.9 Å². The zero-order valence-electron chi connectivity index (χ0n) is 10.6. The Morgan fingerprint density at radius 3 is 2.53 bits per heavy atom. The van der Waals surface area contributed by atoms with Gasteiger partial charge in [-0.2, -0.15) is 5.10 Å². The van der Waals surface area contributed by atoms with E-state index in [1.54, 1.807) is 16.8 Å². The van der Waals surface area contributed by atoms with E-state index in [4.69, 9.17) is 0 Å². The molecule has 0 aliphatic rings. The van der Waals surface area contributed by atoms with Crippen LogP contribution in [0.2, 0.25) is 0 Å². The molecule has 1 amide bonds. The summed E-state index contributed by atoms with van der Waals surface area (Å²) < 4.78 is 3.41. The van der Waals surface area contributed by atoms with E-state index in [0.29, 0.717) is 5.56 Å². The van der Waals surface area contributed by atoms with E-state index >= 15 is 0 Å². The molecule has 0 unspecified atom stereocenters. The third-order valence-electron chi connectivity index (χ3n) is 2.61. The maximum Gasteiger partial charge on any atom is 0.255 e. The number of benzene rings is 1. The van der Waals surface area contributed by atoms with Crippen molar-refractivity contribution in [2.24, 2.45) is 7.05 Å². The minimum Gasteiger partial charge on any atom is -0.319 e. The van der Waals surface area contributed by atoms with Gasteiger partial charge in [-0.05, 0) is 24.6 Å². The Hall–Kier alpha value is -1.14. The van der Waals surface area contributed by atoms with Gasteiger partial charge in [0.05, 0.1) is 11.4 Å². The topological polar surface area (TPSA) is 46.9 Å². The van der Waals surface area contributed by atoms with Crippen LogP contribution in [0.15, 0.2) is 33.3 Å². The average molecular weight is 387 g/mol. The third kappa shape index (κ3) is 3.45. The molecule has 2 aromatic rings. The van der Waals surface area contributed by atoms with E-state index in [2.05, 4.69) is 42.3 Å². The highest BCUT2D eigenvalue weighted by molar-refractivity contribution is 9.11. The number of aromatic nitrogens is 2. The standard InChI is InChI=1S/C13H13Br2N3O/c1-3-11-12(7-18(2)17-11)16-13(19)8-4-9(14)6-10(15)5-8/h4-7H,3H2,1-2H3,(H,16,19). The smallest absolute Gasteiger partial charge is 0.255 e. The number of halogens is 2. The van der Waals surface area contributed by atoms with Crippen molar-refractivity contribution in [3.05, 3.63) is 44.6 Å². The molecule has 0 bridgehead atoms. The number of amides is 1. The number of nitrogens with one attached hydrogen (secondary N) is 1. The van der Waals surface area contributed by atoms with Gasteiger partial charge in [0.15, 0.2) is 0 Å². The van der Waals surface area contributed by atoms with Gasteiger partial charge in [-0.3, -0.25) is 9.48 Å². The predicted molar refractivity (Wildman–Crippen MR) is 82.4 cm³/mol. The van der Waals surface area contributed by atoms with Crippen LogP contribution in [0, 0.1) is 0 Å². The van der Waals surface area contributed by atoms with E-state index < -0.39 is 0 Å². The second-order valence-electron chi connectivity index (χ2n) is 4.13. The van der Waals surface area contributed by atoms with Crippen molar-refractivity contribution in [2.45, 2.75) is 13.3 Å². The fourth-order valence-electron chi connectivity index (χ4n) is 1.78. The summed E-state index contributed by atoms with van der Waals surface area (Å²) in [6.07, 6.45) is 2.59. The van der Waals surface area contributed by atoms with Crippen LogP contribution in [0.5, 0.6) is 0 Å². The molecule has 0 atom stereocenters. The molecular formula is C13H13Br2N3O. The van der Waals surface area contributed by atoms with Crippen LogP contribution in [-0.4, -0.2) is 15.7 Å². The second kappa shape index (κ2) is 5.88. The molecule has 0 saturated heterocycles. The van der Waals surface area contributed by atoms with Crippen molar-refractivity contribution in [3.63, 3.8) is 0 Å². The average Bonchev–Trinajstić information content (AvgIpc) is 2.68. The van der Waals surface area contributed by atoms with E-state index in [9.17, 15) is 4.79 Å². The lowest BCUT2D eigenvalue weighted by atomic mass is 10.2. The largest absolute Gasteiger partial charge is 0.319 e. The Kier molecular flexibility index (Phi) is 4.42. The maximum atomic E-state index is 12.2. The van der Waals surface area contributed by atoms with Crippen molar-refractivity contribution < 1.29 is 4.79 Å². The van der Waals surface area contributed by atoms with Crippen molar-refractivity contribution in [2.75, 3.05) is 5.32 Å². The van der Waals surface area contributed by atoms with Gasteiger partial charge >= 0.3 is 0 Å². The highest BCUT2D eigenvalue weighted by atomic mass is 79.9. The van der Waals surface area contributed by atoms with Gasteiger partial charge in [0.1, 0.15) is 0 Å². The van der Waals surface area contributed by atoms with Crippen molar-refractivity contribution >= 4 is 43.5 Å². The Labute approximate surface area is 128 Å². The molecule has 0 saturated carbocycles. The number of carbonyl (C=O) groups is 1. The van der Waals surface area contributed by atoms with E-state index in [1.165, 1.54) is 0 Å². The Bertz CT molecular complexity index is 602. The van der Waals surface area contributed by atoms with Crippen LogP contribution in [0.4, 0.5) is 5.69 Å². The molecule has 0 fully saturated rings. The first-order chi connectivity index (χ1) is 8.99. The summed E-state index contributed by atoms with van der Waals surface area (Å²) in [5.41, 5.74) is 2.23. The molecule has 0 spiro atoms. The minimum atomic E-state index is -0.148. The molecule has 100 valence electrons. The number of rotatable bonds is 3. The molecule has 4 nitrogen and oxygen atoms in total. The lowest BCUT2D eigenvalue weighted by Gasteiger charge is -2.05. The molecule has 0 aliphatic heterocycles. The highest BCUT2D eigenvalue weighted by Crippen LogP contribution is 2.21. The van der Waals surface area contributed by atoms with Crippen LogP contribution < -0.4 is 5.32 Å². The predicted octanol–water partition coefficient (Wildman–Crippen LogP) is 3.76. The van der Waals surface area contributed by atoms with Crippen LogP contribution in [0.3, 0.4) is 0 Å². The summed E-state index contributed by atoms with van der Waals surface area (Å²) in [5, 5.41) is 7.18. The first-order valence-electron chi connectivity index (χ1n) is 5.79. The quantitative estimate of drug-likeness (QED) is 0.872. The van der Waals surface area contributed by atoms with Gasteiger partial charge < -0.3 is 5.32 Å². The zero-order chi connectivity index (χ0) is 14.0. The summed E-state index contributed by atoms with van der Waals surface area (Å²) in [4.78, 5) is 12.2. The molecule has 2 rings (SSSR count). The fraction of sp³-hybridized carbons (Fsp3) is 0.231. The lowest BCUT2D eigenvalue weighted by molar-refractivity contribution is 0.102. The molecule has 0 radical (unpaired) electrons. The van der Waals surface area contributed by atoms with Gasteiger partial charge in [0.25, 0.3) is 5.91 Å². The molecule has 19 heavy (non-hydrogen) atoms. The molecule has 1 aromatic heterocycles. The van der Waals surface area contributed by atoms with Gasteiger partial charge in [0, 0.05) is 27.8 Å². The molecule has 1 N–H and O–H groups in total. The zero-order valence-corrected chi connectivity index (χ0v) is 13.7. The first kappa shape index (κ1) is 14.3. The maximum absolute atomic E-state index is 12.2. The Balaban J connectivity index is 2.25. The van der Waals surface area contributed by atoms with Crippen LogP contribution in [0.25, 0.3) is 0 Å². The number of hydrogen-bond acceptors (Lipinski definition) is 2.